The van der Waals surface area contributed by atoms with Gasteiger partial charge in [-0.05, 0) is 36.8 Å². The van der Waals surface area contributed by atoms with Crippen molar-refractivity contribution in [3.8, 4) is 10.6 Å². The standard InChI is InChI=1S/C20H17FN2O3S/c1-13(14-5-3-2-4-6-14)22-18(24)11-26-20(25)17-12-27-19(23-17)15-7-9-16(21)10-8-15/h2-10,12-13H,11H2,1H3,(H,22,24)/t13-/m1/s1. The summed E-state index contributed by atoms with van der Waals surface area (Å²) in [6.45, 7) is 1.46. The highest BCUT2D eigenvalue weighted by Crippen LogP contribution is 2.24. The zero-order valence-corrected chi connectivity index (χ0v) is 15.3. The van der Waals surface area contributed by atoms with Gasteiger partial charge in [0.05, 0.1) is 6.04 Å². The molecule has 3 aromatic rings. The monoisotopic (exact) mass is 384 g/mol. The molecule has 3 rings (SSSR count). The highest BCUT2D eigenvalue weighted by Gasteiger charge is 2.16. The average molecular weight is 384 g/mol. The van der Waals surface area contributed by atoms with Gasteiger partial charge in [-0.2, -0.15) is 0 Å². The minimum Gasteiger partial charge on any atom is -0.451 e. The van der Waals surface area contributed by atoms with Crippen LogP contribution in [0.15, 0.2) is 60.0 Å². The highest BCUT2D eigenvalue weighted by atomic mass is 32.1. The number of hydrogen-bond acceptors (Lipinski definition) is 5. The summed E-state index contributed by atoms with van der Waals surface area (Å²) < 4.78 is 18.0. The fraction of sp³-hybridized carbons (Fsp3) is 0.150. The quantitative estimate of drug-likeness (QED) is 0.653. The third-order valence-electron chi connectivity index (χ3n) is 3.82. The molecule has 0 aliphatic carbocycles. The first-order valence-electron chi connectivity index (χ1n) is 8.26. The van der Waals surface area contributed by atoms with Crippen LogP contribution in [-0.4, -0.2) is 23.5 Å². The summed E-state index contributed by atoms with van der Waals surface area (Å²) in [5, 5.41) is 4.89. The fourth-order valence-electron chi connectivity index (χ4n) is 2.41. The molecule has 0 spiro atoms. The maximum atomic E-state index is 13.0. The Morgan fingerprint density at radius 3 is 2.56 bits per heavy atom. The van der Waals surface area contributed by atoms with E-state index < -0.39 is 11.9 Å². The minimum absolute atomic E-state index is 0.114. The van der Waals surface area contributed by atoms with Gasteiger partial charge in [-0.1, -0.05) is 30.3 Å². The van der Waals surface area contributed by atoms with E-state index in [1.54, 1.807) is 17.5 Å². The molecule has 0 saturated carbocycles. The summed E-state index contributed by atoms with van der Waals surface area (Å²) in [6.07, 6.45) is 0. The summed E-state index contributed by atoms with van der Waals surface area (Å²) in [6, 6.07) is 15.1. The summed E-state index contributed by atoms with van der Waals surface area (Å²) in [7, 11) is 0. The van der Waals surface area contributed by atoms with Crippen LogP contribution in [0.2, 0.25) is 0 Å². The van der Waals surface area contributed by atoms with E-state index >= 15 is 0 Å². The number of carbonyl (C=O) groups excluding carboxylic acids is 2. The maximum Gasteiger partial charge on any atom is 0.358 e. The molecule has 0 bridgehead atoms. The number of esters is 1. The van der Waals surface area contributed by atoms with Gasteiger partial charge in [-0.25, -0.2) is 14.2 Å². The van der Waals surface area contributed by atoms with E-state index in [9.17, 15) is 14.0 Å². The van der Waals surface area contributed by atoms with Gasteiger partial charge in [-0.3, -0.25) is 4.79 Å². The van der Waals surface area contributed by atoms with Crippen molar-refractivity contribution >= 4 is 23.2 Å². The van der Waals surface area contributed by atoms with Crippen molar-refractivity contribution in [3.63, 3.8) is 0 Å². The molecular formula is C20H17FN2O3S. The molecule has 1 aromatic heterocycles. The Morgan fingerprint density at radius 2 is 1.85 bits per heavy atom. The Morgan fingerprint density at radius 1 is 1.15 bits per heavy atom. The molecule has 0 aliphatic heterocycles. The number of benzene rings is 2. The first-order chi connectivity index (χ1) is 13.0. The molecule has 2 aromatic carbocycles. The molecule has 27 heavy (non-hydrogen) atoms. The number of carbonyl (C=O) groups is 2. The van der Waals surface area contributed by atoms with E-state index in [0.29, 0.717) is 10.6 Å². The number of halogens is 1. The van der Waals surface area contributed by atoms with Gasteiger partial charge in [0.15, 0.2) is 12.3 Å². The van der Waals surface area contributed by atoms with E-state index in [2.05, 4.69) is 10.3 Å². The van der Waals surface area contributed by atoms with Gasteiger partial charge < -0.3 is 10.1 Å². The van der Waals surface area contributed by atoms with Crippen molar-refractivity contribution in [2.75, 3.05) is 6.61 Å². The first-order valence-corrected chi connectivity index (χ1v) is 9.14. The van der Waals surface area contributed by atoms with Gasteiger partial charge in [0.2, 0.25) is 0 Å². The molecule has 0 radical (unpaired) electrons. The Hall–Kier alpha value is -3.06. The Labute approximate surface area is 159 Å². The number of hydrogen-bond donors (Lipinski definition) is 1. The smallest absolute Gasteiger partial charge is 0.358 e. The third kappa shape index (κ3) is 4.98. The van der Waals surface area contributed by atoms with E-state index in [0.717, 1.165) is 5.56 Å². The van der Waals surface area contributed by atoms with Crippen LogP contribution < -0.4 is 5.32 Å². The number of aromatic nitrogens is 1. The van der Waals surface area contributed by atoms with Crippen LogP contribution in [0, 0.1) is 5.82 Å². The molecule has 5 nitrogen and oxygen atoms in total. The molecule has 138 valence electrons. The topological polar surface area (TPSA) is 68.3 Å². The van der Waals surface area contributed by atoms with E-state index in [4.69, 9.17) is 4.74 Å². The van der Waals surface area contributed by atoms with Crippen LogP contribution in [0.5, 0.6) is 0 Å². The van der Waals surface area contributed by atoms with Crippen molar-refractivity contribution in [1.82, 2.24) is 10.3 Å². The van der Waals surface area contributed by atoms with Gasteiger partial charge in [0, 0.05) is 10.9 Å². The summed E-state index contributed by atoms with van der Waals surface area (Å²) >= 11 is 1.24. The van der Waals surface area contributed by atoms with Gasteiger partial charge in [0.1, 0.15) is 10.8 Å². The largest absolute Gasteiger partial charge is 0.451 e. The zero-order chi connectivity index (χ0) is 19.2. The highest BCUT2D eigenvalue weighted by molar-refractivity contribution is 7.13. The number of thiazole rings is 1. The van der Waals surface area contributed by atoms with Crippen molar-refractivity contribution in [1.29, 1.82) is 0 Å². The van der Waals surface area contributed by atoms with Crippen LogP contribution in [0.4, 0.5) is 4.39 Å². The Kier molecular flexibility index (Phi) is 5.93. The normalized spacial score (nSPS) is 11.6. The molecule has 7 heteroatoms. The van der Waals surface area contributed by atoms with Crippen LogP contribution in [0.1, 0.15) is 29.0 Å². The van der Waals surface area contributed by atoms with Crippen molar-refractivity contribution in [2.24, 2.45) is 0 Å². The second kappa shape index (κ2) is 8.55. The Balaban J connectivity index is 1.53. The average Bonchev–Trinajstić information content (AvgIpc) is 3.17. The molecule has 1 atom stereocenters. The third-order valence-corrected chi connectivity index (χ3v) is 4.71. The number of ether oxygens (including phenoxy) is 1. The molecule has 0 fully saturated rings. The molecule has 0 unspecified atom stereocenters. The lowest BCUT2D eigenvalue weighted by molar-refractivity contribution is -0.124. The molecular weight excluding hydrogens is 367 g/mol. The van der Waals surface area contributed by atoms with E-state index in [-0.39, 0.29) is 24.2 Å². The lowest BCUT2D eigenvalue weighted by Gasteiger charge is -2.14. The van der Waals surface area contributed by atoms with Crippen LogP contribution >= 0.6 is 11.3 Å². The number of rotatable bonds is 6. The summed E-state index contributed by atoms with van der Waals surface area (Å²) in [5.41, 5.74) is 1.78. The zero-order valence-electron chi connectivity index (χ0n) is 14.5. The SMILES string of the molecule is C[C@@H](NC(=O)COC(=O)c1csc(-c2ccc(F)cc2)n1)c1ccccc1. The van der Waals surface area contributed by atoms with Crippen molar-refractivity contribution in [3.05, 3.63) is 77.1 Å². The van der Waals surface area contributed by atoms with Crippen LogP contribution in [0.25, 0.3) is 10.6 Å². The lowest BCUT2D eigenvalue weighted by Crippen LogP contribution is -2.31. The predicted molar refractivity (Wildman–Crippen MR) is 101 cm³/mol. The van der Waals surface area contributed by atoms with E-state index in [1.807, 2.05) is 37.3 Å². The molecule has 0 aliphatic rings. The fourth-order valence-corrected chi connectivity index (χ4v) is 3.20. The number of amides is 1. The minimum atomic E-state index is -0.679. The second-order valence-corrected chi connectivity index (χ2v) is 6.68. The molecule has 1 heterocycles. The number of nitrogens with one attached hydrogen (secondary N) is 1. The maximum absolute atomic E-state index is 13.0. The van der Waals surface area contributed by atoms with Crippen LogP contribution in [0.3, 0.4) is 0 Å². The summed E-state index contributed by atoms with van der Waals surface area (Å²) in [5.74, 6) is -1.42. The Bertz CT molecular complexity index is 926. The van der Waals surface area contributed by atoms with Gasteiger partial charge in [-0.15, -0.1) is 11.3 Å². The van der Waals surface area contributed by atoms with Crippen molar-refractivity contribution in [2.45, 2.75) is 13.0 Å². The molecule has 1 amide bonds. The lowest BCUT2D eigenvalue weighted by atomic mass is 10.1. The summed E-state index contributed by atoms with van der Waals surface area (Å²) in [4.78, 5) is 28.3. The predicted octanol–water partition coefficient (Wildman–Crippen LogP) is 3.98. The van der Waals surface area contributed by atoms with Gasteiger partial charge >= 0.3 is 5.97 Å². The molecule has 0 saturated heterocycles. The van der Waals surface area contributed by atoms with Gasteiger partial charge in [0.25, 0.3) is 5.91 Å². The van der Waals surface area contributed by atoms with Crippen LogP contribution in [-0.2, 0) is 9.53 Å². The second-order valence-electron chi connectivity index (χ2n) is 5.82. The van der Waals surface area contributed by atoms with E-state index in [1.165, 1.54) is 23.5 Å². The van der Waals surface area contributed by atoms with Crippen molar-refractivity contribution < 1.29 is 18.7 Å². The molecule has 1 N–H and O–H groups in total. The number of nitrogens with zero attached hydrogens (tertiary/aromatic N) is 1. The first kappa shape index (κ1) is 18.7.